The summed E-state index contributed by atoms with van der Waals surface area (Å²) in [4.78, 5) is 0. The normalized spacial score (nSPS) is 11.3. The monoisotopic (exact) mass is 364 g/mol. The molecule has 2 aromatic rings. The highest BCUT2D eigenvalue weighted by molar-refractivity contribution is 9.10. The number of rotatable bonds is 3. The number of nitrogen functional groups attached to an aromatic ring is 1. The van der Waals surface area contributed by atoms with Gasteiger partial charge in [0.05, 0.1) is 15.8 Å². The third kappa shape index (κ3) is 4.25. The molecule has 2 aromatic carbocycles. The van der Waals surface area contributed by atoms with E-state index in [2.05, 4.69) is 26.0 Å². The number of hydrogen-bond donors (Lipinski definition) is 2. The van der Waals surface area contributed by atoms with Gasteiger partial charge in [-0.05, 0) is 46.3 Å². The highest BCUT2D eigenvalue weighted by Crippen LogP contribution is 2.30. The maximum Gasteiger partial charge on any atom is 0.573 e. The summed E-state index contributed by atoms with van der Waals surface area (Å²) < 4.78 is 53.5. The molecule has 0 saturated heterocycles. The molecule has 0 amide bonds. The summed E-state index contributed by atoms with van der Waals surface area (Å²) >= 11 is 3.00. The lowest BCUT2D eigenvalue weighted by atomic mass is 10.2. The fourth-order valence-electron chi connectivity index (χ4n) is 1.57. The molecule has 8 heteroatoms. The maximum absolute atomic E-state index is 13.4. The van der Waals surface area contributed by atoms with E-state index in [1.807, 2.05) is 0 Å². The predicted molar refractivity (Wildman–Crippen MR) is 74.9 cm³/mol. The van der Waals surface area contributed by atoms with E-state index < -0.39 is 12.2 Å². The van der Waals surface area contributed by atoms with Crippen LogP contribution < -0.4 is 15.8 Å². The van der Waals surface area contributed by atoms with Crippen LogP contribution in [0.5, 0.6) is 5.75 Å². The Morgan fingerprint density at radius 2 is 1.71 bits per heavy atom. The van der Waals surface area contributed by atoms with Crippen LogP contribution in [0.3, 0.4) is 0 Å². The number of nitrogens with one attached hydrogen (secondary N) is 1. The standard InChI is InChI=1S/C13H9BrF4N2O/c14-9-5-11(19)12(6-10(9)15)20-7-1-3-8(4-2-7)21-13(16,17)18/h1-6,20H,19H2. The molecule has 0 spiro atoms. The van der Waals surface area contributed by atoms with Gasteiger partial charge in [-0.15, -0.1) is 13.2 Å². The smallest absolute Gasteiger partial charge is 0.406 e. The number of benzene rings is 2. The molecule has 21 heavy (non-hydrogen) atoms. The quantitative estimate of drug-likeness (QED) is 0.606. The zero-order valence-electron chi connectivity index (χ0n) is 10.3. The minimum Gasteiger partial charge on any atom is -0.406 e. The lowest BCUT2D eigenvalue weighted by molar-refractivity contribution is -0.274. The first-order valence-electron chi connectivity index (χ1n) is 5.62. The van der Waals surface area contributed by atoms with Crippen molar-refractivity contribution >= 4 is 33.0 Å². The first-order chi connectivity index (χ1) is 9.74. The number of alkyl halides is 3. The molecule has 3 nitrogen and oxygen atoms in total. The molecule has 0 aliphatic carbocycles. The van der Waals surface area contributed by atoms with E-state index in [0.717, 1.165) is 12.1 Å². The second-order valence-corrected chi connectivity index (χ2v) is 4.91. The first kappa shape index (κ1) is 15.4. The van der Waals surface area contributed by atoms with Crippen molar-refractivity contribution in [1.82, 2.24) is 0 Å². The van der Waals surface area contributed by atoms with Crippen molar-refractivity contribution in [2.75, 3.05) is 11.1 Å². The minimum absolute atomic E-state index is 0.222. The van der Waals surface area contributed by atoms with Gasteiger partial charge in [0.15, 0.2) is 0 Å². The fourth-order valence-corrected chi connectivity index (χ4v) is 1.93. The van der Waals surface area contributed by atoms with Crippen LogP contribution >= 0.6 is 15.9 Å². The summed E-state index contributed by atoms with van der Waals surface area (Å²) in [6.45, 7) is 0. The SMILES string of the molecule is Nc1cc(Br)c(F)cc1Nc1ccc(OC(F)(F)F)cc1. The van der Waals surface area contributed by atoms with E-state index >= 15 is 0 Å². The Hall–Kier alpha value is -1.96. The Labute approximate surface area is 125 Å². The van der Waals surface area contributed by atoms with Crippen LogP contribution in [-0.4, -0.2) is 6.36 Å². The number of halogens is 5. The summed E-state index contributed by atoms with van der Waals surface area (Å²) in [5.41, 5.74) is 6.76. The number of anilines is 3. The molecule has 0 aromatic heterocycles. The highest BCUT2D eigenvalue weighted by atomic mass is 79.9. The molecule has 0 aliphatic heterocycles. The van der Waals surface area contributed by atoms with Gasteiger partial charge in [0.1, 0.15) is 11.6 Å². The molecule has 0 unspecified atom stereocenters. The van der Waals surface area contributed by atoms with Crippen molar-refractivity contribution in [3.05, 3.63) is 46.7 Å². The topological polar surface area (TPSA) is 47.3 Å². The largest absolute Gasteiger partial charge is 0.573 e. The Bertz CT molecular complexity index is 644. The third-order valence-corrected chi connectivity index (χ3v) is 3.07. The van der Waals surface area contributed by atoms with E-state index in [1.54, 1.807) is 0 Å². The van der Waals surface area contributed by atoms with Crippen molar-refractivity contribution in [1.29, 1.82) is 0 Å². The van der Waals surface area contributed by atoms with Crippen LogP contribution in [0, 0.1) is 5.82 Å². The number of ether oxygens (including phenoxy) is 1. The van der Waals surface area contributed by atoms with E-state index in [0.29, 0.717) is 17.1 Å². The Morgan fingerprint density at radius 1 is 1.10 bits per heavy atom. The molecule has 3 N–H and O–H groups in total. The zero-order valence-corrected chi connectivity index (χ0v) is 11.9. The lowest BCUT2D eigenvalue weighted by Crippen LogP contribution is -2.16. The molecule has 0 heterocycles. The average molecular weight is 365 g/mol. The molecule has 0 atom stereocenters. The molecule has 0 saturated carbocycles. The second-order valence-electron chi connectivity index (χ2n) is 4.05. The van der Waals surface area contributed by atoms with Gasteiger partial charge in [0.2, 0.25) is 0 Å². The zero-order chi connectivity index (χ0) is 15.6. The van der Waals surface area contributed by atoms with Gasteiger partial charge in [-0.25, -0.2) is 4.39 Å². The molecular weight excluding hydrogens is 356 g/mol. The van der Waals surface area contributed by atoms with E-state index in [-0.39, 0.29) is 10.2 Å². The van der Waals surface area contributed by atoms with Crippen LogP contribution in [0.25, 0.3) is 0 Å². The Kier molecular flexibility index (Phi) is 4.26. The summed E-state index contributed by atoms with van der Waals surface area (Å²) in [5, 5.41) is 2.81. The second kappa shape index (κ2) is 5.80. The van der Waals surface area contributed by atoms with E-state index in [9.17, 15) is 17.6 Å². The van der Waals surface area contributed by atoms with Crippen molar-refractivity contribution in [3.63, 3.8) is 0 Å². The Balaban J connectivity index is 2.16. The fraction of sp³-hybridized carbons (Fsp3) is 0.0769. The van der Waals surface area contributed by atoms with E-state index in [4.69, 9.17) is 5.73 Å². The van der Waals surface area contributed by atoms with E-state index in [1.165, 1.54) is 24.3 Å². The van der Waals surface area contributed by atoms with Gasteiger partial charge >= 0.3 is 6.36 Å². The molecule has 0 aliphatic rings. The van der Waals surface area contributed by atoms with Gasteiger partial charge in [-0.2, -0.15) is 0 Å². The highest BCUT2D eigenvalue weighted by Gasteiger charge is 2.30. The van der Waals surface area contributed by atoms with Gasteiger partial charge in [-0.1, -0.05) is 0 Å². The summed E-state index contributed by atoms with van der Waals surface area (Å²) in [7, 11) is 0. The molecular formula is C13H9BrF4N2O. The van der Waals surface area contributed by atoms with Crippen molar-refractivity contribution in [3.8, 4) is 5.75 Å². The predicted octanol–water partition coefficient (Wildman–Crippen LogP) is 4.81. The van der Waals surface area contributed by atoms with Crippen LogP contribution in [0.4, 0.5) is 34.6 Å². The van der Waals surface area contributed by atoms with Crippen LogP contribution in [0.2, 0.25) is 0 Å². The minimum atomic E-state index is -4.74. The van der Waals surface area contributed by atoms with Crippen molar-refractivity contribution in [2.24, 2.45) is 0 Å². The molecule has 2 rings (SSSR count). The molecule has 0 radical (unpaired) electrons. The first-order valence-corrected chi connectivity index (χ1v) is 6.41. The average Bonchev–Trinajstić information content (AvgIpc) is 2.36. The maximum atomic E-state index is 13.4. The lowest BCUT2D eigenvalue weighted by Gasteiger charge is -2.12. The van der Waals surface area contributed by atoms with Gasteiger partial charge in [0.25, 0.3) is 0 Å². The number of nitrogens with two attached hydrogens (primary N) is 1. The van der Waals surface area contributed by atoms with Crippen LogP contribution in [-0.2, 0) is 0 Å². The molecule has 0 fully saturated rings. The third-order valence-electron chi connectivity index (χ3n) is 2.46. The van der Waals surface area contributed by atoms with Gasteiger partial charge in [0, 0.05) is 11.8 Å². The number of hydrogen-bond acceptors (Lipinski definition) is 3. The van der Waals surface area contributed by atoms with Gasteiger partial charge < -0.3 is 15.8 Å². The van der Waals surface area contributed by atoms with Gasteiger partial charge in [-0.3, -0.25) is 0 Å². The summed E-state index contributed by atoms with van der Waals surface area (Å²) in [6, 6.07) is 7.57. The van der Waals surface area contributed by atoms with Crippen molar-refractivity contribution < 1.29 is 22.3 Å². The van der Waals surface area contributed by atoms with Crippen LogP contribution in [0.15, 0.2) is 40.9 Å². The molecule has 0 bridgehead atoms. The molecule has 112 valence electrons. The Morgan fingerprint density at radius 3 is 2.29 bits per heavy atom. The summed E-state index contributed by atoms with van der Waals surface area (Å²) in [6.07, 6.45) is -4.74. The van der Waals surface area contributed by atoms with Crippen molar-refractivity contribution in [2.45, 2.75) is 6.36 Å². The van der Waals surface area contributed by atoms with Crippen LogP contribution in [0.1, 0.15) is 0 Å². The summed E-state index contributed by atoms with van der Waals surface area (Å²) in [5.74, 6) is -0.855.